The van der Waals surface area contributed by atoms with E-state index in [0.29, 0.717) is 0 Å². The Kier molecular flexibility index (Phi) is 3.32. The molecule has 0 unspecified atom stereocenters. The molecule has 2 nitrogen and oxygen atoms in total. The van der Waals surface area contributed by atoms with Crippen LogP contribution in [0.25, 0.3) is 0 Å². The first kappa shape index (κ1) is 6.43. The van der Waals surface area contributed by atoms with Gasteiger partial charge in [-0.15, -0.1) is 0 Å². The molecule has 0 saturated carbocycles. The van der Waals surface area contributed by atoms with Crippen LogP contribution in [0.1, 0.15) is 6.92 Å². The molecule has 0 aliphatic rings. The summed E-state index contributed by atoms with van der Waals surface area (Å²) in [6, 6.07) is 0. The van der Waals surface area contributed by atoms with Crippen molar-refractivity contribution in [3.05, 3.63) is 12.2 Å². The summed E-state index contributed by atoms with van der Waals surface area (Å²) >= 11 is 0. The molecule has 0 aromatic heterocycles. The monoisotopic (exact) mass is 115 g/mol. The number of hydrogen-bond acceptors (Lipinski definition) is 2. The lowest BCUT2D eigenvalue weighted by molar-refractivity contribution is -0.128. The van der Waals surface area contributed by atoms with Crippen LogP contribution in [0, 0.1) is 0 Å². The summed E-state index contributed by atoms with van der Waals surface area (Å²) in [5.74, 6) is -0.291. The molecular formula is C4H7O2Si. The van der Waals surface area contributed by atoms with Crippen molar-refractivity contribution in [2.45, 2.75) is 6.92 Å². The van der Waals surface area contributed by atoms with E-state index in [0.717, 1.165) is 0 Å². The molecule has 0 saturated heterocycles. The van der Waals surface area contributed by atoms with Crippen molar-refractivity contribution in [2.75, 3.05) is 0 Å². The van der Waals surface area contributed by atoms with E-state index in [-0.39, 0.29) is 5.97 Å². The first-order valence-corrected chi connectivity index (χ1v) is 2.47. The Morgan fingerprint density at radius 3 is 2.57 bits per heavy atom. The van der Waals surface area contributed by atoms with Crippen LogP contribution in [0.3, 0.4) is 0 Å². The first-order valence-electron chi connectivity index (χ1n) is 1.90. The third-order valence-corrected chi connectivity index (χ3v) is 0.730. The first-order chi connectivity index (χ1) is 3.31. The summed E-state index contributed by atoms with van der Waals surface area (Å²) in [6.45, 7) is 1.76. The summed E-state index contributed by atoms with van der Waals surface area (Å²) in [4.78, 5) is 10.1. The van der Waals surface area contributed by atoms with Gasteiger partial charge in [0.15, 0.2) is 0 Å². The van der Waals surface area contributed by atoms with Crippen molar-refractivity contribution in [1.29, 1.82) is 0 Å². The maximum atomic E-state index is 10.1. The van der Waals surface area contributed by atoms with Crippen molar-refractivity contribution in [1.82, 2.24) is 0 Å². The van der Waals surface area contributed by atoms with Crippen molar-refractivity contribution >= 4 is 16.5 Å². The van der Waals surface area contributed by atoms with Gasteiger partial charge >= 0.3 is 5.97 Å². The van der Waals surface area contributed by atoms with E-state index in [1.54, 1.807) is 13.0 Å². The highest BCUT2D eigenvalue weighted by atomic mass is 28.2. The predicted octanol–water partition coefficient (Wildman–Crippen LogP) is -0.346. The number of carbonyl (C=O) groups is 1. The van der Waals surface area contributed by atoms with E-state index < -0.39 is 0 Å². The standard InChI is InChI=1S/C4H7O2Si/c1-2-3-4(5)6-7/h2-3H,7H2,1H3. The number of allylic oxidation sites excluding steroid dienone is 1. The third kappa shape index (κ3) is 3.25. The summed E-state index contributed by atoms with van der Waals surface area (Å²) in [7, 11) is 1.18. The molecule has 7 heavy (non-hydrogen) atoms. The van der Waals surface area contributed by atoms with Crippen molar-refractivity contribution in [3.63, 3.8) is 0 Å². The van der Waals surface area contributed by atoms with Crippen molar-refractivity contribution < 1.29 is 9.22 Å². The van der Waals surface area contributed by atoms with Crippen LogP contribution >= 0.6 is 0 Å². The van der Waals surface area contributed by atoms with E-state index in [1.165, 1.54) is 16.6 Å². The van der Waals surface area contributed by atoms with Gasteiger partial charge in [-0.05, 0) is 6.92 Å². The Morgan fingerprint density at radius 1 is 1.86 bits per heavy atom. The summed E-state index contributed by atoms with van der Waals surface area (Å²) in [5, 5.41) is 0. The van der Waals surface area contributed by atoms with Gasteiger partial charge in [-0.2, -0.15) is 0 Å². The Bertz CT molecular complexity index is 87.7. The van der Waals surface area contributed by atoms with Gasteiger partial charge < -0.3 is 4.43 Å². The average Bonchev–Trinajstić information content (AvgIpc) is 1.68. The van der Waals surface area contributed by atoms with Crippen LogP contribution in [0.15, 0.2) is 12.2 Å². The molecule has 0 amide bonds. The van der Waals surface area contributed by atoms with Crippen LogP contribution in [0.2, 0.25) is 0 Å². The molecule has 0 aliphatic heterocycles. The molecule has 0 N–H and O–H groups in total. The van der Waals surface area contributed by atoms with Gasteiger partial charge in [-0.25, -0.2) is 4.79 Å². The molecular weight excluding hydrogens is 108 g/mol. The second-order valence-electron chi connectivity index (χ2n) is 0.963. The summed E-state index contributed by atoms with van der Waals surface area (Å²) < 4.78 is 4.29. The molecule has 0 aliphatic carbocycles. The predicted molar refractivity (Wildman–Crippen MR) is 29.4 cm³/mol. The van der Waals surface area contributed by atoms with Crippen LogP contribution < -0.4 is 0 Å². The van der Waals surface area contributed by atoms with Gasteiger partial charge in [0.25, 0.3) is 0 Å². The Labute approximate surface area is 45.7 Å². The van der Waals surface area contributed by atoms with Gasteiger partial charge in [0.05, 0.1) is 0 Å². The lowest BCUT2D eigenvalue weighted by atomic mass is 10.5. The van der Waals surface area contributed by atoms with Gasteiger partial charge in [-0.1, -0.05) is 6.08 Å². The van der Waals surface area contributed by atoms with E-state index >= 15 is 0 Å². The number of hydrogen-bond donors (Lipinski definition) is 0. The highest BCUT2D eigenvalue weighted by Crippen LogP contribution is 1.72. The molecule has 3 heteroatoms. The Hall–Kier alpha value is -0.573. The molecule has 0 atom stereocenters. The molecule has 0 aromatic carbocycles. The highest BCUT2D eigenvalue weighted by molar-refractivity contribution is 6.07. The second kappa shape index (κ2) is 3.61. The zero-order chi connectivity index (χ0) is 5.70. The SMILES string of the molecule is CC=CC(=O)O[SiH2]. The zero-order valence-corrected chi connectivity index (χ0v) is 5.59. The minimum absolute atomic E-state index is 0.291. The molecule has 0 bridgehead atoms. The smallest absolute Gasteiger partial charge is 0.316 e. The van der Waals surface area contributed by atoms with Crippen molar-refractivity contribution in [2.24, 2.45) is 0 Å². The topological polar surface area (TPSA) is 26.3 Å². The van der Waals surface area contributed by atoms with E-state index in [1.807, 2.05) is 0 Å². The molecule has 1 radical (unpaired) electrons. The average molecular weight is 115 g/mol. The Morgan fingerprint density at radius 2 is 2.43 bits per heavy atom. The molecule has 0 rings (SSSR count). The molecule has 0 fully saturated rings. The fraction of sp³-hybridized carbons (Fsp3) is 0.250. The van der Waals surface area contributed by atoms with Crippen molar-refractivity contribution in [3.8, 4) is 0 Å². The highest BCUT2D eigenvalue weighted by Gasteiger charge is 1.83. The van der Waals surface area contributed by atoms with E-state index in [4.69, 9.17) is 0 Å². The molecule has 0 heterocycles. The van der Waals surface area contributed by atoms with Gasteiger partial charge in [0, 0.05) is 6.08 Å². The number of rotatable bonds is 1. The van der Waals surface area contributed by atoms with Gasteiger partial charge in [-0.3, -0.25) is 0 Å². The van der Waals surface area contributed by atoms with E-state index in [9.17, 15) is 4.79 Å². The third-order valence-electron chi connectivity index (χ3n) is 0.445. The Balaban J connectivity index is 3.37. The fourth-order valence-corrected chi connectivity index (χ4v) is 0.280. The number of carbonyl (C=O) groups excluding carboxylic acids is 1. The maximum absolute atomic E-state index is 10.1. The van der Waals surface area contributed by atoms with E-state index in [2.05, 4.69) is 4.43 Å². The largest absolute Gasteiger partial charge is 0.522 e. The normalized spacial score (nSPS) is 9.43. The molecule has 0 aromatic rings. The van der Waals surface area contributed by atoms with Crippen LogP contribution in [-0.2, 0) is 9.22 Å². The maximum Gasteiger partial charge on any atom is 0.316 e. The minimum Gasteiger partial charge on any atom is -0.522 e. The second-order valence-corrected chi connectivity index (χ2v) is 1.25. The zero-order valence-electron chi connectivity index (χ0n) is 4.18. The lowest BCUT2D eigenvalue weighted by Gasteiger charge is -1.85. The minimum atomic E-state index is -0.291. The van der Waals surface area contributed by atoms with Crippen LogP contribution in [0.4, 0.5) is 0 Å². The summed E-state index contributed by atoms with van der Waals surface area (Å²) in [5.41, 5.74) is 0. The van der Waals surface area contributed by atoms with Gasteiger partial charge in [0.2, 0.25) is 10.5 Å². The fourth-order valence-electron chi connectivity index (χ4n) is 0.184. The summed E-state index contributed by atoms with van der Waals surface area (Å²) in [6.07, 6.45) is 3.00. The lowest BCUT2D eigenvalue weighted by Crippen LogP contribution is -1.94. The van der Waals surface area contributed by atoms with Gasteiger partial charge in [0.1, 0.15) is 0 Å². The molecule has 39 valence electrons. The van der Waals surface area contributed by atoms with Crippen LogP contribution in [-0.4, -0.2) is 16.5 Å². The molecule has 0 spiro atoms. The van der Waals surface area contributed by atoms with Crippen LogP contribution in [0.5, 0.6) is 0 Å². The quantitative estimate of drug-likeness (QED) is 0.345.